The zero-order valence-corrected chi connectivity index (χ0v) is 12.6. The van der Waals surface area contributed by atoms with Gasteiger partial charge in [-0.15, -0.1) is 0 Å². The summed E-state index contributed by atoms with van der Waals surface area (Å²) >= 11 is 1.93. The van der Waals surface area contributed by atoms with Gasteiger partial charge in [0.25, 0.3) is 5.79 Å². The van der Waals surface area contributed by atoms with Crippen LogP contribution in [0.5, 0.6) is 0 Å². The van der Waals surface area contributed by atoms with Crippen LogP contribution in [0.25, 0.3) is 0 Å². The van der Waals surface area contributed by atoms with Gasteiger partial charge in [-0.2, -0.15) is 0 Å². The number of cyclic esters (lactones) is 1. The van der Waals surface area contributed by atoms with Crippen molar-refractivity contribution in [1.82, 2.24) is 0 Å². The van der Waals surface area contributed by atoms with Gasteiger partial charge >= 0.3 is 5.97 Å². The number of aliphatic hydroxyl groups is 1. The maximum atomic E-state index is 12.9. The molecule has 0 aliphatic carbocycles. The third-order valence-electron chi connectivity index (χ3n) is 3.07. The van der Waals surface area contributed by atoms with E-state index in [1.165, 1.54) is 24.3 Å². The van der Waals surface area contributed by atoms with Crippen molar-refractivity contribution >= 4 is 28.6 Å². The van der Waals surface area contributed by atoms with Crippen LogP contribution < -0.4 is 0 Å². The summed E-state index contributed by atoms with van der Waals surface area (Å²) < 4.78 is 18.5. The van der Waals surface area contributed by atoms with E-state index in [1.807, 2.05) is 29.5 Å². The zero-order valence-electron chi connectivity index (χ0n) is 10.5. The number of benzene rings is 1. The quantitative estimate of drug-likeness (QED) is 0.647. The van der Waals surface area contributed by atoms with Crippen LogP contribution in [0.3, 0.4) is 0 Å². The first-order chi connectivity index (χ1) is 8.99. The van der Waals surface area contributed by atoms with E-state index in [9.17, 15) is 14.3 Å². The second-order valence-corrected chi connectivity index (χ2v) is 5.52. The monoisotopic (exact) mass is 376 g/mol. The van der Waals surface area contributed by atoms with E-state index in [0.717, 1.165) is 12.8 Å². The van der Waals surface area contributed by atoms with Crippen LogP contribution in [0.4, 0.5) is 4.39 Å². The van der Waals surface area contributed by atoms with Gasteiger partial charge in [-0.25, -0.2) is 9.18 Å². The number of carbonyl (C=O) groups is 1. The molecule has 1 unspecified atom stereocenters. The molecule has 1 aromatic carbocycles. The number of esters is 1. The van der Waals surface area contributed by atoms with Gasteiger partial charge in [0.15, 0.2) is 0 Å². The van der Waals surface area contributed by atoms with E-state index < -0.39 is 17.6 Å². The maximum Gasteiger partial charge on any atom is 0.338 e. The molecule has 0 spiro atoms. The molecule has 1 aromatic rings. The first-order valence-electron chi connectivity index (χ1n) is 6.10. The molecule has 0 fully saturated rings. The van der Waals surface area contributed by atoms with Crippen molar-refractivity contribution in [1.29, 1.82) is 0 Å². The number of hydrogen-bond donors (Lipinski definition) is 1. The molecule has 0 radical (unpaired) electrons. The highest BCUT2D eigenvalue weighted by Gasteiger charge is 2.46. The van der Waals surface area contributed by atoms with Crippen molar-refractivity contribution in [3.63, 3.8) is 0 Å². The van der Waals surface area contributed by atoms with Gasteiger partial charge < -0.3 is 9.84 Å². The third-order valence-corrected chi connectivity index (χ3v) is 4.45. The average Bonchev–Trinajstić information content (AvgIpc) is 2.60. The van der Waals surface area contributed by atoms with Crippen LogP contribution in [0.2, 0.25) is 0 Å². The van der Waals surface area contributed by atoms with Crippen molar-refractivity contribution in [3.05, 3.63) is 44.8 Å². The second kappa shape index (κ2) is 5.58. The highest BCUT2D eigenvalue weighted by atomic mass is 127. The second-order valence-electron chi connectivity index (χ2n) is 4.44. The van der Waals surface area contributed by atoms with Crippen LogP contribution in [-0.2, 0) is 15.3 Å². The SMILES string of the molecule is CCCCC1=C(I)C(O)(c2ccc(F)cc2)OC1=O. The minimum atomic E-state index is -1.77. The summed E-state index contributed by atoms with van der Waals surface area (Å²) in [5.74, 6) is -2.67. The molecule has 0 aromatic heterocycles. The lowest BCUT2D eigenvalue weighted by Gasteiger charge is -2.22. The zero-order chi connectivity index (χ0) is 14.0. The topological polar surface area (TPSA) is 46.5 Å². The average molecular weight is 376 g/mol. The fraction of sp³-hybridized carbons (Fsp3) is 0.357. The molecule has 1 N–H and O–H groups in total. The molecule has 1 aliphatic heterocycles. The largest absolute Gasteiger partial charge is 0.420 e. The van der Waals surface area contributed by atoms with E-state index in [-0.39, 0.29) is 0 Å². The molecule has 0 bridgehead atoms. The molecule has 0 amide bonds. The van der Waals surface area contributed by atoms with Crippen LogP contribution in [0, 0.1) is 5.82 Å². The van der Waals surface area contributed by atoms with Crippen LogP contribution >= 0.6 is 22.6 Å². The molecule has 3 nitrogen and oxygen atoms in total. The summed E-state index contributed by atoms with van der Waals surface area (Å²) in [6, 6.07) is 5.30. The van der Waals surface area contributed by atoms with Crippen molar-refractivity contribution < 1.29 is 19.0 Å². The van der Waals surface area contributed by atoms with Crippen LogP contribution in [0.1, 0.15) is 31.7 Å². The van der Waals surface area contributed by atoms with Crippen molar-refractivity contribution in [2.24, 2.45) is 0 Å². The van der Waals surface area contributed by atoms with Gasteiger partial charge in [-0.05, 0) is 59.7 Å². The lowest BCUT2D eigenvalue weighted by atomic mass is 10.0. The maximum absolute atomic E-state index is 12.9. The molecular weight excluding hydrogens is 362 g/mol. The number of rotatable bonds is 4. The Balaban J connectivity index is 2.36. The molecule has 2 rings (SSSR count). The molecule has 0 saturated heterocycles. The highest BCUT2D eigenvalue weighted by molar-refractivity contribution is 14.1. The summed E-state index contributed by atoms with van der Waals surface area (Å²) in [6.45, 7) is 2.03. The number of halogens is 2. The van der Waals surface area contributed by atoms with Crippen LogP contribution in [0.15, 0.2) is 33.4 Å². The molecule has 1 heterocycles. The molecule has 1 atom stereocenters. The first kappa shape index (κ1) is 14.5. The van der Waals surface area contributed by atoms with E-state index in [2.05, 4.69) is 0 Å². The predicted molar refractivity (Wildman–Crippen MR) is 77.0 cm³/mol. The number of unbranched alkanes of at least 4 members (excludes halogenated alkanes) is 1. The Kier molecular flexibility index (Phi) is 4.25. The minimum Gasteiger partial charge on any atom is -0.420 e. The predicted octanol–water partition coefficient (Wildman–Crippen LogP) is 3.41. The summed E-state index contributed by atoms with van der Waals surface area (Å²) in [4.78, 5) is 11.8. The van der Waals surface area contributed by atoms with E-state index >= 15 is 0 Å². The van der Waals surface area contributed by atoms with Gasteiger partial charge in [0.2, 0.25) is 0 Å². The van der Waals surface area contributed by atoms with Crippen molar-refractivity contribution in [3.8, 4) is 0 Å². The van der Waals surface area contributed by atoms with Crippen LogP contribution in [-0.4, -0.2) is 11.1 Å². The fourth-order valence-corrected chi connectivity index (χ4v) is 2.87. The van der Waals surface area contributed by atoms with E-state index in [1.54, 1.807) is 0 Å². The minimum absolute atomic E-state index is 0.359. The molecule has 0 saturated carbocycles. The molecule has 5 heteroatoms. The summed E-state index contributed by atoms with van der Waals surface area (Å²) in [5.41, 5.74) is 0.868. The molecular formula is C14H14FIO3. The standard InChI is InChI=1S/C14H14FIO3/c1-2-3-4-11-12(16)14(18,19-13(11)17)9-5-7-10(15)8-6-9/h5-8,18H,2-4H2,1H3. The van der Waals surface area contributed by atoms with Crippen molar-refractivity contribution in [2.45, 2.75) is 32.0 Å². The Labute approximate surface area is 124 Å². The summed E-state index contributed by atoms with van der Waals surface area (Å²) in [6.07, 6.45) is 2.39. The lowest BCUT2D eigenvalue weighted by molar-refractivity contribution is -0.182. The Bertz CT molecular complexity index is 524. The van der Waals surface area contributed by atoms with Gasteiger partial charge in [0.1, 0.15) is 5.82 Å². The Morgan fingerprint density at radius 3 is 2.58 bits per heavy atom. The smallest absolute Gasteiger partial charge is 0.338 e. The number of hydrogen-bond acceptors (Lipinski definition) is 3. The Morgan fingerprint density at radius 2 is 2.00 bits per heavy atom. The van der Waals surface area contributed by atoms with Gasteiger partial charge in [-0.1, -0.05) is 13.3 Å². The Hall–Kier alpha value is -0.950. The Morgan fingerprint density at radius 1 is 1.37 bits per heavy atom. The van der Waals surface area contributed by atoms with E-state index in [0.29, 0.717) is 21.1 Å². The third kappa shape index (κ3) is 2.67. The van der Waals surface area contributed by atoms with E-state index in [4.69, 9.17) is 4.74 Å². The molecule has 1 aliphatic rings. The van der Waals surface area contributed by atoms with Crippen molar-refractivity contribution in [2.75, 3.05) is 0 Å². The first-order valence-corrected chi connectivity index (χ1v) is 7.17. The van der Waals surface area contributed by atoms with Gasteiger partial charge in [-0.3, -0.25) is 0 Å². The summed E-state index contributed by atoms with van der Waals surface area (Å²) in [5, 5.41) is 10.5. The highest BCUT2D eigenvalue weighted by Crippen LogP contribution is 2.44. The normalized spacial score (nSPS) is 22.8. The number of carbonyl (C=O) groups excluding carboxylic acids is 1. The van der Waals surface area contributed by atoms with Gasteiger partial charge in [0, 0.05) is 5.56 Å². The lowest BCUT2D eigenvalue weighted by Crippen LogP contribution is -2.26. The molecule has 19 heavy (non-hydrogen) atoms. The van der Waals surface area contributed by atoms with Gasteiger partial charge in [0.05, 0.1) is 9.15 Å². The fourth-order valence-electron chi connectivity index (χ4n) is 1.96. The summed E-state index contributed by atoms with van der Waals surface area (Å²) in [7, 11) is 0. The molecule has 102 valence electrons. The number of ether oxygens (including phenoxy) is 1.